The van der Waals surface area contributed by atoms with Crippen molar-refractivity contribution >= 4 is 20.9 Å². The maximum Gasteiger partial charge on any atom is 0.290 e. The summed E-state index contributed by atoms with van der Waals surface area (Å²) in [5, 5.41) is 13.2. The first-order chi connectivity index (χ1) is 14.6. The third-order valence-corrected chi connectivity index (χ3v) is 7.63. The average molecular weight is 443 g/mol. The van der Waals surface area contributed by atoms with Crippen LogP contribution in [-0.2, 0) is 9.84 Å². The summed E-state index contributed by atoms with van der Waals surface area (Å²) >= 11 is 0. The van der Waals surface area contributed by atoms with E-state index in [1.165, 1.54) is 6.26 Å². The van der Waals surface area contributed by atoms with Gasteiger partial charge < -0.3 is 9.94 Å². The van der Waals surface area contributed by atoms with Crippen LogP contribution < -0.4 is 9.47 Å². The van der Waals surface area contributed by atoms with Crippen LogP contribution in [-0.4, -0.2) is 25.8 Å². The molecule has 1 saturated carbocycles. The summed E-state index contributed by atoms with van der Waals surface area (Å²) in [6.07, 6.45) is 7.29. The molecule has 2 heterocycles. The molecule has 0 amide bonds. The Labute approximate surface area is 183 Å². The zero-order chi connectivity index (χ0) is 22.3. The molecular weight excluding hydrogens is 412 g/mol. The molecule has 7 heteroatoms. The van der Waals surface area contributed by atoms with Gasteiger partial charge in [-0.1, -0.05) is 13.8 Å². The van der Waals surface area contributed by atoms with Gasteiger partial charge in [0.1, 0.15) is 11.4 Å². The number of benzene rings is 1. The summed E-state index contributed by atoms with van der Waals surface area (Å²) in [7, 11) is -3.39. The lowest BCUT2D eigenvalue weighted by molar-refractivity contribution is -0.586. The van der Waals surface area contributed by atoms with Gasteiger partial charge in [0.05, 0.1) is 22.6 Å². The molecule has 3 aromatic rings. The molecule has 0 spiro atoms. The molecule has 0 atom stereocenters. The van der Waals surface area contributed by atoms with Gasteiger partial charge in [0.2, 0.25) is 0 Å². The van der Waals surface area contributed by atoms with Gasteiger partial charge in [-0.15, -0.1) is 0 Å². The van der Waals surface area contributed by atoms with Crippen LogP contribution in [0.2, 0.25) is 0 Å². The fourth-order valence-electron chi connectivity index (χ4n) is 4.60. The smallest absolute Gasteiger partial charge is 0.290 e. The van der Waals surface area contributed by atoms with Gasteiger partial charge in [0.25, 0.3) is 5.65 Å². The van der Waals surface area contributed by atoms with Crippen LogP contribution in [0.1, 0.15) is 45.2 Å². The Morgan fingerprint density at radius 3 is 2.45 bits per heavy atom. The van der Waals surface area contributed by atoms with Crippen molar-refractivity contribution in [1.29, 1.82) is 0 Å². The van der Waals surface area contributed by atoms with E-state index in [0.29, 0.717) is 28.6 Å². The predicted molar refractivity (Wildman–Crippen MR) is 122 cm³/mol. The summed E-state index contributed by atoms with van der Waals surface area (Å²) in [5.41, 5.74) is 2.46. The number of sulfone groups is 1. The predicted octanol–water partition coefficient (Wildman–Crippen LogP) is 4.77. The van der Waals surface area contributed by atoms with Crippen LogP contribution in [0.25, 0.3) is 22.2 Å². The maximum atomic E-state index is 12.4. The number of rotatable bonds is 5. The van der Waals surface area contributed by atoms with E-state index in [9.17, 15) is 13.6 Å². The minimum absolute atomic E-state index is 0.105. The van der Waals surface area contributed by atoms with Gasteiger partial charge in [0.15, 0.2) is 9.84 Å². The Bertz CT molecular complexity index is 1210. The number of hydrogen-bond acceptors (Lipinski definition) is 4. The van der Waals surface area contributed by atoms with Crippen molar-refractivity contribution in [1.82, 2.24) is 4.98 Å². The zero-order valence-corrected chi connectivity index (χ0v) is 19.3. The number of nitrogens with zero attached hydrogens (tertiary/aromatic N) is 1. The number of aromatic nitrogens is 2. The first-order valence-corrected chi connectivity index (χ1v) is 12.8. The molecule has 0 unspecified atom stereocenters. The second-order valence-electron chi connectivity index (χ2n) is 9.06. The number of aryl methyl sites for hydroxylation is 1. The normalized spacial score (nSPS) is 19.8. The van der Waals surface area contributed by atoms with Crippen LogP contribution in [0.4, 0.5) is 0 Å². The molecule has 1 N–H and O–H groups in total. The number of pyridine rings is 1. The standard InChI is InChI=1S/C24H30N2O4S/c1-15(2)17-5-7-18(8-6-17)30-23-10-9-19(31(4,28)29)14-22(23)21-13-16(3)26(27)24-20(21)11-12-25-24/h9-15,17-18,25H,5-8H2,1-4H3/t17-,18-. The molecular formula is C24H30N2O4S. The number of fused-ring (bicyclic) bond motifs is 1. The molecule has 4 rings (SSSR count). The van der Waals surface area contributed by atoms with E-state index < -0.39 is 9.84 Å². The Hall–Kier alpha value is -2.54. The van der Waals surface area contributed by atoms with Crippen molar-refractivity contribution < 1.29 is 17.9 Å². The summed E-state index contributed by atoms with van der Waals surface area (Å²) in [5.74, 6) is 2.07. The van der Waals surface area contributed by atoms with Crippen molar-refractivity contribution in [3.8, 4) is 16.9 Å². The molecule has 2 aromatic heterocycles. The van der Waals surface area contributed by atoms with Gasteiger partial charge >= 0.3 is 0 Å². The second kappa shape index (κ2) is 8.19. The molecule has 1 aliphatic rings. The van der Waals surface area contributed by atoms with Crippen molar-refractivity contribution in [2.75, 3.05) is 6.26 Å². The van der Waals surface area contributed by atoms with E-state index in [-0.39, 0.29) is 11.0 Å². The highest BCUT2D eigenvalue weighted by Crippen LogP contribution is 2.39. The van der Waals surface area contributed by atoms with Crippen LogP contribution >= 0.6 is 0 Å². The molecule has 31 heavy (non-hydrogen) atoms. The second-order valence-corrected chi connectivity index (χ2v) is 11.1. The van der Waals surface area contributed by atoms with Gasteiger partial charge in [-0.25, -0.2) is 18.1 Å². The molecule has 0 saturated heterocycles. The summed E-state index contributed by atoms with van der Waals surface area (Å²) < 4.78 is 31.8. The molecule has 0 bridgehead atoms. The number of aromatic amines is 1. The lowest BCUT2D eigenvalue weighted by Gasteiger charge is -2.31. The first-order valence-electron chi connectivity index (χ1n) is 10.9. The monoisotopic (exact) mass is 442 g/mol. The molecule has 0 radical (unpaired) electrons. The van der Waals surface area contributed by atoms with Crippen molar-refractivity contribution in [3.05, 3.63) is 47.4 Å². The highest BCUT2D eigenvalue weighted by atomic mass is 32.2. The summed E-state index contributed by atoms with van der Waals surface area (Å²) in [6.45, 7) is 6.29. The fraction of sp³-hybridized carbons (Fsp3) is 0.458. The number of hydrogen-bond donors (Lipinski definition) is 1. The molecule has 166 valence electrons. The molecule has 1 aliphatic carbocycles. The van der Waals surface area contributed by atoms with Gasteiger partial charge in [0, 0.05) is 17.4 Å². The Morgan fingerprint density at radius 2 is 1.81 bits per heavy atom. The fourth-order valence-corrected chi connectivity index (χ4v) is 5.24. The van der Waals surface area contributed by atoms with E-state index in [0.717, 1.165) is 47.3 Å². The van der Waals surface area contributed by atoms with Crippen LogP contribution in [0.3, 0.4) is 0 Å². The van der Waals surface area contributed by atoms with Crippen molar-refractivity contribution in [2.24, 2.45) is 11.8 Å². The van der Waals surface area contributed by atoms with Crippen molar-refractivity contribution in [3.63, 3.8) is 0 Å². The highest BCUT2D eigenvalue weighted by Gasteiger charge is 2.26. The topological polar surface area (TPSA) is 86.1 Å². The molecule has 0 aliphatic heterocycles. The quantitative estimate of drug-likeness (QED) is 0.455. The molecule has 1 aromatic carbocycles. The Morgan fingerprint density at radius 1 is 1.10 bits per heavy atom. The average Bonchev–Trinajstić information content (AvgIpc) is 3.21. The number of ether oxygens (including phenoxy) is 1. The van der Waals surface area contributed by atoms with Crippen molar-refractivity contribution in [2.45, 2.75) is 57.5 Å². The molecule has 6 nitrogen and oxygen atoms in total. The Balaban J connectivity index is 1.78. The number of H-pyrrole nitrogens is 1. The third-order valence-electron chi connectivity index (χ3n) is 6.52. The maximum absolute atomic E-state index is 12.4. The number of nitrogens with one attached hydrogen (secondary N) is 1. The largest absolute Gasteiger partial charge is 0.710 e. The Kier molecular flexibility index (Phi) is 5.73. The van der Waals surface area contributed by atoms with Crippen LogP contribution in [0, 0.1) is 24.0 Å². The third kappa shape index (κ3) is 4.28. The molecule has 1 fully saturated rings. The van der Waals surface area contributed by atoms with E-state index in [1.807, 2.05) is 6.07 Å². The van der Waals surface area contributed by atoms with E-state index >= 15 is 0 Å². The van der Waals surface area contributed by atoms with Gasteiger partial charge in [-0.05, 0) is 74.8 Å². The minimum atomic E-state index is -3.39. The SMILES string of the molecule is Cc1cc(-c2cc(S(C)(=O)=O)ccc2O[C@H]2CC[C@H](C(C)C)CC2)c2cc[nH]c2[n+]1[O-]. The lowest BCUT2D eigenvalue weighted by atomic mass is 9.80. The van der Waals surface area contributed by atoms with E-state index in [1.54, 1.807) is 37.4 Å². The van der Waals surface area contributed by atoms with Crippen LogP contribution in [0.5, 0.6) is 5.75 Å². The van der Waals surface area contributed by atoms with Gasteiger partial charge in [-0.3, -0.25) is 0 Å². The first kappa shape index (κ1) is 21.7. The van der Waals surface area contributed by atoms with Crippen LogP contribution in [0.15, 0.2) is 41.4 Å². The summed E-state index contributed by atoms with van der Waals surface area (Å²) in [4.78, 5) is 3.23. The summed E-state index contributed by atoms with van der Waals surface area (Å²) in [6, 6.07) is 8.66. The zero-order valence-electron chi connectivity index (χ0n) is 18.5. The minimum Gasteiger partial charge on any atom is -0.710 e. The van der Waals surface area contributed by atoms with E-state index in [4.69, 9.17) is 4.74 Å². The lowest BCUT2D eigenvalue weighted by Crippen LogP contribution is -2.31. The van der Waals surface area contributed by atoms with E-state index in [2.05, 4.69) is 18.8 Å². The highest BCUT2D eigenvalue weighted by molar-refractivity contribution is 7.90. The van der Waals surface area contributed by atoms with Gasteiger partial charge in [-0.2, -0.15) is 0 Å².